The lowest BCUT2D eigenvalue weighted by Gasteiger charge is -2.15. The Morgan fingerprint density at radius 2 is 1.90 bits per heavy atom. The largest absolute Gasteiger partial charge is 0.496 e. The van der Waals surface area contributed by atoms with E-state index in [2.05, 4.69) is 0 Å². The van der Waals surface area contributed by atoms with E-state index in [1.807, 2.05) is 25.1 Å². The zero-order chi connectivity index (χ0) is 14.7. The number of rotatable bonds is 4. The van der Waals surface area contributed by atoms with E-state index in [4.69, 9.17) is 27.9 Å². The summed E-state index contributed by atoms with van der Waals surface area (Å²) >= 11 is 12.2. The van der Waals surface area contributed by atoms with Gasteiger partial charge in [0, 0.05) is 16.5 Å². The third-order valence-electron chi connectivity index (χ3n) is 3.17. The molecule has 1 N–H and O–H groups in total. The van der Waals surface area contributed by atoms with Crippen LogP contribution in [-0.2, 0) is 6.42 Å². The Labute approximate surface area is 128 Å². The SMILES string of the molecule is COc1ccc(Cl)cc1CC(O)c1ccc(C)cc1Cl. The van der Waals surface area contributed by atoms with Gasteiger partial charge in [-0.3, -0.25) is 0 Å². The average Bonchev–Trinajstić information content (AvgIpc) is 2.38. The minimum absolute atomic E-state index is 0.395. The molecule has 4 heteroatoms. The highest BCUT2D eigenvalue weighted by atomic mass is 35.5. The van der Waals surface area contributed by atoms with E-state index < -0.39 is 6.10 Å². The van der Waals surface area contributed by atoms with Crippen LogP contribution in [0, 0.1) is 6.92 Å². The Morgan fingerprint density at radius 1 is 1.15 bits per heavy atom. The van der Waals surface area contributed by atoms with Crippen molar-refractivity contribution in [1.29, 1.82) is 0 Å². The van der Waals surface area contributed by atoms with Gasteiger partial charge in [-0.2, -0.15) is 0 Å². The van der Waals surface area contributed by atoms with Crippen LogP contribution in [0.15, 0.2) is 36.4 Å². The van der Waals surface area contributed by atoms with E-state index in [0.29, 0.717) is 27.8 Å². The van der Waals surface area contributed by atoms with Crippen LogP contribution in [0.3, 0.4) is 0 Å². The van der Waals surface area contributed by atoms with Crippen LogP contribution in [0.5, 0.6) is 5.75 Å². The number of benzene rings is 2. The van der Waals surface area contributed by atoms with Crippen LogP contribution in [0.25, 0.3) is 0 Å². The first-order valence-electron chi connectivity index (χ1n) is 6.28. The number of aliphatic hydroxyl groups excluding tert-OH is 1. The van der Waals surface area contributed by atoms with Crippen LogP contribution in [0.1, 0.15) is 22.8 Å². The first-order valence-corrected chi connectivity index (χ1v) is 7.03. The summed E-state index contributed by atoms with van der Waals surface area (Å²) in [6.07, 6.45) is -0.303. The van der Waals surface area contributed by atoms with Gasteiger partial charge in [0.15, 0.2) is 0 Å². The molecule has 0 heterocycles. The fourth-order valence-corrected chi connectivity index (χ4v) is 2.68. The molecule has 2 aromatic carbocycles. The summed E-state index contributed by atoms with van der Waals surface area (Å²) in [7, 11) is 1.60. The van der Waals surface area contributed by atoms with Crippen molar-refractivity contribution in [2.24, 2.45) is 0 Å². The van der Waals surface area contributed by atoms with Gasteiger partial charge in [0.05, 0.1) is 13.2 Å². The van der Waals surface area contributed by atoms with Crippen molar-refractivity contribution in [3.63, 3.8) is 0 Å². The average molecular weight is 311 g/mol. The van der Waals surface area contributed by atoms with Crippen LogP contribution in [0.4, 0.5) is 0 Å². The lowest BCUT2D eigenvalue weighted by atomic mass is 10.00. The number of aliphatic hydroxyl groups is 1. The molecule has 1 atom stereocenters. The van der Waals surface area contributed by atoms with Gasteiger partial charge in [-0.1, -0.05) is 35.3 Å². The van der Waals surface area contributed by atoms with Gasteiger partial charge in [0.2, 0.25) is 0 Å². The van der Waals surface area contributed by atoms with E-state index in [9.17, 15) is 5.11 Å². The second-order valence-electron chi connectivity index (χ2n) is 4.70. The highest BCUT2D eigenvalue weighted by Gasteiger charge is 2.15. The zero-order valence-corrected chi connectivity index (χ0v) is 12.9. The summed E-state index contributed by atoms with van der Waals surface area (Å²) in [6.45, 7) is 1.96. The summed E-state index contributed by atoms with van der Waals surface area (Å²) in [5, 5.41) is 11.6. The van der Waals surface area contributed by atoms with Gasteiger partial charge in [-0.25, -0.2) is 0 Å². The van der Waals surface area contributed by atoms with E-state index in [0.717, 1.165) is 11.1 Å². The second kappa shape index (κ2) is 6.49. The minimum atomic E-state index is -0.699. The summed E-state index contributed by atoms with van der Waals surface area (Å²) in [5.74, 6) is 0.705. The first-order chi connectivity index (χ1) is 9.51. The first kappa shape index (κ1) is 15.2. The molecule has 0 aliphatic carbocycles. The fourth-order valence-electron chi connectivity index (χ4n) is 2.13. The zero-order valence-electron chi connectivity index (χ0n) is 11.4. The van der Waals surface area contributed by atoms with E-state index in [1.54, 1.807) is 25.3 Å². The summed E-state index contributed by atoms with van der Waals surface area (Å²) < 4.78 is 5.28. The molecule has 1 unspecified atom stereocenters. The highest BCUT2D eigenvalue weighted by molar-refractivity contribution is 6.31. The molecular weight excluding hydrogens is 295 g/mol. The summed E-state index contributed by atoms with van der Waals surface area (Å²) in [4.78, 5) is 0. The molecule has 0 radical (unpaired) electrons. The Morgan fingerprint density at radius 3 is 2.55 bits per heavy atom. The highest BCUT2D eigenvalue weighted by Crippen LogP contribution is 2.31. The molecule has 2 rings (SSSR count). The number of hydrogen-bond donors (Lipinski definition) is 1. The van der Waals surface area contributed by atoms with Crippen LogP contribution in [-0.4, -0.2) is 12.2 Å². The minimum Gasteiger partial charge on any atom is -0.496 e. The Kier molecular flexibility index (Phi) is 4.92. The van der Waals surface area contributed by atoms with E-state index >= 15 is 0 Å². The van der Waals surface area contributed by atoms with Crippen molar-refractivity contribution in [1.82, 2.24) is 0 Å². The molecule has 0 saturated carbocycles. The second-order valence-corrected chi connectivity index (χ2v) is 5.54. The lowest BCUT2D eigenvalue weighted by Crippen LogP contribution is -2.04. The molecule has 0 aromatic heterocycles. The fraction of sp³-hybridized carbons (Fsp3) is 0.250. The van der Waals surface area contributed by atoms with Gasteiger partial charge in [-0.05, 0) is 47.9 Å². The Balaban J connectivity index is 2.27. The molecule has 0 amide bonds. The molecule has 0 saturated heterocycles. The lowest BCUT2D eigenvalue weighted by molar-refractivity contribution is 0.177. The standard InChI is InChI=1S/C16H16Cl2O2/c1-10-3-5-13(14(18)7-10)15(19)9-11-8-12(17)4-6-16(11)20-2/h3-8,15,19H,9H2,1-2H3. The predicted molar refractivity (Wildman–Crippen MR) is 82.9 cm³/mol. The molecule has 0 aliphatic heterocycles. The number of aryl methyl sites for hydroxylation is 1. The maximum Gasteiger partial charge on any atom is 0.122 e. The summed E-state index contributed by atoms with van der Waals surface area (Å²) in [6, 6.07) is 11.0. The maximum atomic E-state index is 10.4. The van der Waals surface area contributed by atoms with Crippen molar-refractivity contribution in [3.8, 4) is 5.75 Å². The monoisotopic (exact) mass is 310 g/mol. The third-order valence-corrected chi connectivity index (χ3v) is 3.73. The maximum absolute atomic E-state index is 10.4. The van der Waals surface area contributed by atoms with Gasteiger partial charge in [0.1, 0.15) is 5.75 Å². The predicted octanol–water partition coefficient (Wildman–Crippen LogP) is 4.59. The van der Waals surface area contributed by atoms with Gasteiger partial charge in [0.25, 0.3) is 0 Å². The van der Waals surface area contributed by atoms with Gasteiger partial charge >= 0.3 is 0 Å². The van der Waals surface area contributed by atoms with Crippen molar-refractivity contribution in [2.75, 3.05) is 7.11 Å². The van der Waals surface area contributed by atoms with Crippen molar-refractivity contribution in [3.05, 3.63) is 63.1 Å². The molecule has 2 aromatic rings. The number of hydrogen-bond acceptors (Lipinski definition) is 2. The van der Waals surface area contributed by atoms with E-state index in [-0.39, 0.29) is 0 Å². The van der Waals surface area contributed by atoms with Crippen LogP contribution >= 0.6 is 23.2 Å². The smallest absolute Gasteiger partial charge is 0.122 e. The van der Waals surface area contributed by atoms with Crippen LogP contribution < -0.4 is 4.74 Å². The normalized spacial score (nSPS) is 12.2. The molecule has 0 spiro atoms. The third kappa shape index (κ3) is 3.45. The molecule has 0 aliphatic rings. The Bertz CT molecular complexity index is 611. The summed E-state index contributed by atoms with van der Waals surface area (Å²) in [5.41, 5.74) is 2.62. The van der Waals surface area contributed by atoms with Gasteiger partial charge in [-0.15, -0.1) is 0 Å². The Hall–Kier alpha value is -1.22. The van der Waals surface area contributed by atoms with Gasteiger partial charge < -0.3 is 9.84 Å². The number of ether oxygens (including phenoxy) is 1. The molecule has 20 heavy (non-hydrogen) atoms. The molecule has 106 valence electrons. The number of halogens is 2. The molecule has 2 nitrogen and oxygen atoms in total. The molecule has 0 bridgehead atoms. The molecular formula is C16H16Cl2O2. The van der Waals surface area contributed by atoms with E-state index in [1.165, 1.54) is 0 Å². The quantitative estimate of drug-likeness (QED) is 0.895. The van der Waals surface area contributed by atoms with Crippen molar-refractivity contribution < 1.29 is 9.84 Å². The van der Waals surface area contributed by atoms with Crippen molar-refractivity contribution in [2.45, 2.75) is 19.4 Å². The van der Waals surface area contributed by atoms with Crippen molar-refractivity contribution >= 4 is 23.2 Å². The topological polar surface area (TPSA) is 29.5 Å². The molecule has 0 fully saturated rings. The van der Waals surface area contributed by atoms with Crippen LogP contribution in [0.2, 0.25) is 10.0 Å². The number of methoxy groups -OCH3 is 1.